The van der Waals surface area contributed by atoms with Gasteiger partial charge in [-0.05, 0) is 31.2 Å². The molecule has 3 rings (SSSR count). The Balaban J connectivity index is 1.83. The van der Waals surface area contributed by atoms with Crippen LogP contribution in [0, 0.1) is 6.92 Å². The molecule has 3 nitrogen and oxygen atoms in total. The average Bonchev–Trinajstić information content (AvgIpc) is 2.47. The lowest BCUT2D eigenvalue weighted by Gasteiger charge is -2.09. The first-order valence-corrected chi connectivity index (χ1v) is 6.56. The Bertz CT molecular complexity index is 736. The SMILES string of the molecule is Cc1ccc(OCc2cc3ccccc3nc2N)cc1. The number of nitrogen functional groups attached to an aromatic ring is 1. The van der Waals surface area contributed by atoms with E-state index in [0.29, 0.717) is 12.4 Å². The lowest BCUT2D eigenvalue weighted by molar-refractivity contribution is 0.306. The van der Waals surface area contributed by atoms with Gasteiger partial charge in [0.05, 0.1) is 5.52 Å². The van der Waals surface area contributed by atoms with E-state index in [2.05, 4.69) is 11.9 Å². The van der Waals surface area contributed by atoms with Gasteiger partial charge in [-0.1, -0.05) is 35.9 Å². The third kappa shape index (κ3) is 2.57. The summed E-state index contributed by atoms with van der Waals surface area (Å²) in [5.74, 6) is 1.36. The van der Waals surface area contributed by atoms with E-state index in [1.807, 2.05) is 54.6 Å². The molecular weight excluding hydrogens is 248 g/mol. The molecule has 0 bridgehead atoms. The summed E-state index contributed by atoms with van der Waals surface area (Å²) in [5.41, 5.74) is 9.01. The fraction of sp³-hybridized carbons (Fsp3) is 0.118. The monoisotopic (exact) mass is 264 g/mol. The average molecular weight is 264 g/mol. The highest BCUT2D eigenvalue weighted by Gasteiger charge is 2.04. The Hall–Kier alpha value is -2.55. The maximum atomic E-state index is 5.98. The smallest absolute Gasteiger partial charge is 0.130 e. The topological polar surface area (TPSA) is 48.1 Å². The summed E-state index contributed by atoms with van der Waals surface area (Å²) in [6.45, 7) is 2.47. The second kappa shape index (κ2) is 5.21. The van der Waals surface area contributed by atoms with Crippen LogP contribution in [0.1, 0.15) is 11.1 Å². The van der Waals surface area contributed by atoms with Crippen LogP contribution in [0.5, 0.6) is 5.75 Å². The summed E-state index contributed by atoms with van der Waals surface area (Å²) in [6, 6.07) is 17.9. The van der Waals surface area contributed by atoms with Crippen LogP contribution >= 0.6 is 0 Å². The molecule has 20 heavy (non-hydrogen) atoms. The van der Waals surface area contributed by atoms with Gasteiger partial charge in [-0.25, -0.2) is 4.98 Å². The van der Waals surface area contributed by atoms with Gasteiger partial charge in [-0.2, -0.15) is 0 Å². The van der Waals surface area contributed by atoms with Gasteiger partial charge < -0.3 is 10.5 Å². The number of hydrogen-bond acceptors (Lipinski definition) is 3. The zero-order valence-electron chi connectivity index (χ0n) is 11.3. The van der Waals surface area contributed by atoms with Gasteiger partial charge in [0.15, 0.2) is 0 Å². The Kier molecular flexibility index (Phi) is 3.25. The van der Waals surface area contributed by atoms with Gasteiger partial charge in [0.2, 0.25) is 0 Å². The van der Waals surface area contributed by atoms with E-state index < -0.39 is 0 Å². The molecule has 0 aliphatic heterocycles. The molecular formula is C17H16N2O. The maximum absolute atomic E-state index is 5.98. The second-order valence-electron chi connectivity index (χ2n) is 4.83. The van der Waals surface area contributed by atoms with Crippen molar-refractivity contribution in [3.8, 4) is 5.75 Å². The fourth-order valence-corrected chi connectivity index (χ4v) is 2.09. The minimum absolute atomic E-state index is 0.423. The first-order valence-electron chi connectivity index (χ1n) is 6.56. The molecule has 0 spiro atoms. The van der Waals surface area contributed by atoms with Gasteiger partial charge >= 0.3 is 0 Å². The molecule has 2 aromatic carbocycles. The van der Waals surface area contributed by atoms with Crippen LogP contribution in [0.2, 0.25) is 0 Å². The number of para-hydroxylation sites is 1. The molecule has 100 valence electrons. The summed E-state index contributed by atoms with van der Waals surface area (Å²) >= 11 is 0. The second-order valence-corrected chi connectivity index (χ2v) is 4.83. The Morgan fingerprint density at radius 3 is 2.60 bits per heavy atom. The summed E-state index contributed by atoms with van der Waals surface area (Å²) in [7, 11) is 0. The van der Waals surface area contributed by atoms with Crippen LogP contribution < -0.4 is 10.5 Å². The van der Waals surface area contributed by atoms with Crippen molar-refractivity contribution >= 4 is 16.7 Å². The maximum Gasteiger partial charge on any atom is 0.130 e. The van der Waals surface area contributed by atoms with E-state index in [1.165, 1.54) is 5.56 Å². The molecule has 0 fully saturated rings. The third-order valence-corrected chi connectivity index (χ3v) is 3.25. The summed E-state index contributed by atoms with van der Waals surface area (Å²) in [5, 5.41) is 1.07. The number of aromatic nitrogens is 1. The molecule has 0 aliphatic rings. The number of nitrogens with zero attached hydrogens (tertiary/aromatic N) is 1. The van der Waals surface area contributed by atoms with Crippen LogP contribution in [0.25, 0.3) is 10.9 Å². The first-order chi connectivity index (χ1) is 9.72. The number of anilines is 1. The third-order valence-electron chi connectivity index (χ3n) is 3.25. The van der Waals surface area contributed by atoms with Crippen LogP contribution in [-0.4, -0.2) is 4.98 Å². The van der Waals surface area contributed by atoms with Crippen molar-refractivity contribution in [2.75, 3.05) is 5.73 Å². The highest BCUT2D eigenvalue weighted by molar-refractivity contribution is 5.81. The van der Waals surface area contributed by atoms with Gasteiger partial charge in [-0.3, -0.25) is 0 Å². The highest BCUT2D eigenvalue weighted by atomic mass is 16.5. The van der Waals surface area contributed by atoms with Crippen molar-refractivity contribution in [2.24, 2.45) is 0 Å². The zero-order valence-corrected chi connectivity index (χ0v) is 11.3. The number of nitrogens with two attached hydrogens (primary N) is 1. The standard InChI is InChI=1S/C17H16N2O/c1-12-6-8-15(9-7-12)20-11-14-10-13-4-2-3-5-16(13)19-17(14)18/h2-10H,11H2,1H3,(H2,18,19). The summed E-state index contributed by atoms with van der Waals surface area (Å²) in [4.78, 5) is 4.40. The minimum atomic E-state index is 0.423. The van der Waals surface area contributed by atoms with Gasteiger partial charge in [-0.15, -0.1) is 0 Å². The number of aryl methyl sites for hydroxylation is 1. The van der Waals surface area contributed by atoms with Crippen molar-refractivity contribution in [2.45, 2.75) is 13.5 Å². The lowest BCUT2D eigenvalue weighted by atomic mass is 10.1. The van der Waals surface area contributed by atoms with Crippen molar-refractivity contribution in [1.82, 2.24) is 4.98 Å². The zero-order chi connectivity index (χ0) is 13.9. The molecule has 0 aliphatic carbocycles. The molecule has 0 saturated carbocycles. The first kappa shape index (κ1) is 12.5. The highest BCUT2D eigenvalue weighted by Crippen LogP contribution is 2.20. The van der Waals surface area contributed by atoms with E-state index in [-0.39, 0.29) is 0 Å². The predicted molar refractivity (Wildman–Crippen MR) is 81.7 cm³/mol. The van der Waals surface area contributed by atoms with Gasteiger partial charge in [0.25, 0.3) is 0 Å². The van der Waals surface area contributed by atoms with Crippen molar-refractivity contribution in [3.63, 3.8) is 0 Å². The van der Waals surface area contributed by atoms with Crippen LogP contribution in [0.4, 0.5) is 5.82 Å². The lowest BCUT2D eigenvalue weighted by Crippen LogP contribution is -2.02. The number of hydrogen-bond donors (Lipinski definition) is 1. The number of ether oxygens (including phenoxy) is 1. The van der Waals surface area contributed by atoms with E-state index in [0.717, 1.165) is 22.2 Å². The Morgan fingerprint density at radius 2 is 1.80 bits per heavy atom. The number of fused-ring (bicyclic) bond motifs is 1. The van der Waals surface area contributed by atoms with Crippen molar-refractivity contribution in [1.29, 1.82) is 0 Å². The predicted octanol–water partition coefficient (Wildman–Crippen LogP) is 3.70. The normalized spacial score (nSPS) is 10.7. The number of benzene rings is 2. The summed E-state index contributed by atoms with van der Waals surface area (Å²) in [6.07, 6.45) is 0. The molecule has 1 aromatic heterocycles. The molecule has 0 atom stereocenters. The van der Waals surface area contributed by atoms with Gasteiger partial charge in [0, 0.05) is 10.9 Å². The van der Waals surface area contributed by atoms with Gasteiger partial charge in [0.1, 0.15) is 18.2 Å². The number of pyridine rings is 1. The molecule has 3 heteroatoms. The molecule has 1 heterocycles. The van der Waals surface area contributed by atoms with Crippen LogP contribution in [0.3, 0.4) is 0 Å². The largest absolute Gasteiger partial charge is 0.489 e. The van der Waals surface area contributed by atoms with Crippen molar-refractivity contribution in [3.05, 3.63) is 65.7 Å². The molecule has 2 N–H and O–H groups in total. The Morgan fingerprint density at radius 1 is 1.05 bits per heavy atom. The molecule has 0 unspecified atom stereocenters. The molecule has 0 saturated heterocycles. The van der Waals surface area contributed by atoms with Crippen LogP contribution in [-0.2, 0) is 6.61 Å². The summed E-state index contributed by atoms with van der Waals surface area (Å²) < 4.78 is 5.76. The van der Waals surface area contributed by atoms with Crippen molar-refractivity contribution < 1.29 is 4.74 Å². The fourth-order valence-electron chi connectivity index (χ4n) is 2.09. The van der Waals surface area contributed by atoms with E-state index in [4.69, 9.17) is 10.5 Å². The van der Waals surface area contributed by atoms with Crippen LogP contribution in [0.15, 0.2) is 54.6 Å². The molecule has 0 amide bonds. The van der Waals surface area contributed by atoms with E-state index in [1.54, 1.807) is 0 Å². The number of rotatable bonds is 3. The minimum Gasteiger partial charge on any atom is -0.489 e. The quantitative estimate of drug-likeness (QED) is 0.784. The Labute approximate surface area is 118 Å². The molecule has 3 aromatic rings. The molecule has 0 radical (unpaired) electrons. The van der Waals surface area contributed by atoms with E-state index in [9.17, 15) is 0 Å². The van der Waals surface area contributed by atoms with E-state index >= 15 is 0 Å².